The largest absolute Gasteiger partial charge is 0.370 e. The smallest absolute Gasteiger partial charge is 0.265 e. The van der Waals surface area contributed by atoms with Gasteiger partial charge in [-0.1, -0.05) is 20.8 Å². The van der Waals surface area contributed by atoms with Crippen molar-refractivity contribution in [3.8, 4) is 0 Å². The first-order chi connectivity index (χ1) is 14.6. The summed E-state index contributed by atoms with van der Waals surface area (Å²) in [6, 6.07) is 4.01. The first-order valence-corrected chi connectivity index (χ1v) is 10.7. The summed E-state index contributed by atoms with van der Waals surface area (Å²) < 4.78 is 32.6. The van der Waals surface area contributed by atoms with Crippen LogP contribution in [0.5, 0.6) is 0 Å². The van der Waals surface area contributed by atoms with E-state index in [9.17, 15) is 18.4 Å². The first kappa shape index (κ1) is 23.6. The Bertz CT molecular complexity index is 808. The summed E-state index contributed by atoms with van der Waals surface area (Å²) in [4.78, 5) is 28.5. The average Bonchev–Trinajstić information content (AvgIpc) is 3.52. The fourth-order valence-electron chi connectivity index (χ4n) is 3.89. The number of carbonyl (C=O) groups excluding carboxylic acids is 2. The minimum atomic E-state index is -2.79. The Hall–Kier alpha value is -2.10. The first-order valence-electron chi connectivity index (χ1n) is 10.7. The van der Waals surface area contributed by atoms with Crippen LogP contribution >= 0.6 is 0 Å². The number of alkyl halides is 2. The zero-order valence-electron chi connectivity index (χ0n) is 18.4. The molecule has 9 heteroatoms. The van der Waals surface area contributed by atoms with Gasteiger partial charge in [0.1, 0.15) is 12.6 Å². The van der Waals surface area contributed by atoms with Gasteiger partial charge in [-0.25, -0.2) is 8.78 Å². The van der Waals surface area contributed by atoms with Crippen LogP contribution in [-0.2, 0) is 14.3 Å². The molecule has 7 nitrogen and oxygen atoms in total. The van der Waals surface area contributed by atoms with Crippen molar-refractivity contribution in [1.29, 1.82) is 0 Å². The number of hydrogen-bond acceptors (Lipinski definition) is 5. The fourth-order valence-corrected chi connectivity index (χ4v) is 3.89. The van der Waals surface area contributed by atoms with Crippen LogP contribution in [0.25, 0.3) is 0 Å². The van der Waals surface area contributed by atoms with Crippen LogP contribution in [0.3, 0.4) is 0 Å². The van der Waals surface area contributed by atoms with Crippen molar-refractivity contribution in [3.05, 3.63) is 23.8 Å². The van der Waals surface area contributed by atoms with Crippen LogP contribution in [0, 0.1) is 5.41 Å². The van der Waals surface area contributed by atoms with E-state index in [1.807, 2.05) is 0 Å². The summed E-state index contributed by atoms with van der Waals surface area (Å²) in [5.74, 6) is -0.676. The molecule has 2 fully saturated rings. The molecule has 0 spiro atoms. The molecule has 1 aromatic rings. The van der Waals surface area contributed by atoms with Gasteiger partial charge >= 0.3 is 0 Å². The molecule has 3 N–H and O–H groups in total. The molecule has 0 bridgehead atoms. The van der Waals surface area contributed by atoms with E-state index in [0.717, 1.165) is 12.8 Å². The molecule has 1 saturated carbocycles. The number of carbonyl (C=O) groups is 2. The Labute approximate surface area is 181 Å². The predicted molar refractivity (Wildman–Crippen MR) is 115 cm³/mol. The number of rotatable bonds is 8. The van der Waals surface area contributed by atoms with E-state index in [1.165, 1.54) is 17.0 Å². The molecule has 1 saturated heterocycles. The number of hydrogen-bond donors (Lipinski definition) is 2. The van der Waals surface area contributed by atoms with Crippen LogP contribution in [0.15, 0.2) is 18.2 Å². The molecule has 1 aliphatic carbocycles. The number of benzene rings is 1. The lowest BCUT2D eigenvalue weighted by atomic mass is 9.95. The van der Waals surface area contributed by atoms with E-state index in [2.05, 4.69) is 31.0 Å². The molecular formula is C22H32F2N4O3. The third-order valence-corrected chi connectivity index (χ3v) is 5.41. The molecule has 3 rings (SSSR count). The summed E-state index contributed by atoms with van der Waals surface area (Å²) in [5, 5.41) is 2.76. The van der Waals surface area contributed by atoms with Crippen molar-refractivity contribution in [2.75, 3.05) is 43.1 Å². The van der Waals surface area contributed by atoms with E-state index >= 15 is 0 Å². The summed E-state index contributed by atoms with van der Waals surface area (Å²) in [5.41, 5.74) is 6.04. The average molecular weight is 439 g/mol. The lowest BCUT2D eigenvalue weighted by Gasteiger charge is -2.35. The van der Waals surface area contributed by atoms with Gasteiger partial charge < -0.3 is 20.7 Å². The van der Waals surface area contributed by atoms with Crippen molar-refractivity contribution in [2.45, 2.75) is 52.1 Å². The predicted octanol–water partition coefficient (Wildman–Crippen LogP) is 2.76. The van der Waals surface area contributed by atoms with Crippen LogP contribution < -0.4 is 16.0 Å². The summed E-state index contributed by atoms with van der Waals surface area (Å²) in [6.07, 6.45) is -0.744. The number of amides is 2. The van der Waals surface area contributed by atoms with E-state index in [1.54, 1.807) is 6.07 Å². The van der Waals surface area contributed by atoms with Crippen molar-refractivity contribution in [3.63, 3.8) is 0 Å². The molecule has 0 radical (unpaired) electrons. The number of nitrogens with one attached hydrogen (secondary N) is 1. The number of nitrogens with two attached hydrogens (primary N) is 1. The van der Waals surface area contributed by atoms with Gasteiger partial charge in [-0.3, -0.25) is 14.5 Å². The molecule has 0 unspecified atom stereocenters. The van der Waals surface area contributed by atoms with Crippen LogP contribution in [0.1, 0.15) is 45.6 Å². The standard InChI is InChI=1S/C22H32F2N4O3/c1-22(2,3)13-28(15-5-6-15)18(11-25)21(30)26-14-4-7-17(16(10-14)20(23)24)27-8-9-31-12-19(27)29/h4,7,10,15,18,20H,5-6,8-9,11-13,25H2,1-3H3,(H,26,30)/t18-/m0/s1. The number of ether oxygens (including phenoxy) is 1. The number of nitrogens with zero attached hydrogens (tertiary/aromatic N) is 2. The van der Waals surface area contributed by atoms with Gasteiger partial charge in [-0.15, -0.1) is 0 Å². The molecule has 1 heterocycles. The summed E-state index contributed by atoms with van der Waals surface area (Å²) >= 11 is 0. The van der Waals surface area contributed by atoms with Gasteiger partial charge in [0, 0.05) is 36.9 Å². The van der Waals surface area contributed by atoms with Crippen molar-refractivity contribution < 1.29 is 23.1 Å². The third kappa shape index (κ3) is 5.99. The van der Waals surface area contributed by atoms with Gasteiger partial charge in [0.15, 0.2) is 0 Å². The zero-order valence-corrected chi connectivity index (χ0v) is 18.4. The topological polar surface area (TPSA) is 87.9 Å². The van der Waals surface area contributed by atoms with E-state index < -0.39 is 12.5 Å². The molecule has 1 aliphatic heterocycles. The van der Waals surface area contributed by atoms with Gasteiger partial charge in [0.2, 0.25) is 5.91 Å². The monoisotopic (exact) mass is 438 g/mol. The van der Waals surface area contributed by atoms with Crippen molar-refractivity contribution >= 4 is 23.2 Å². The number of anilines is 2. The summed E-state index contributed by atoms with van der Waals surface area (Å²) in [6.45, 7) is 7.54. The second-order valence-electron chi connectivity index (χ2n) is 9.38. The molecule has 2 amide bonds. The van der Waals surface area contributed by atoms with Gasteiger partial charge in [-0.05, 0) is 36.5 Å². The Balaban J connectivity index is 1.79. The molecule has 172 valence electrons. The van der Waals surface area contributed by atoms with Crippen LogP contribution in [-0.4, -0.2) is 61.6 Å². The maximum absolute atomic E-state index is 13.8. The second kappa shape index (κ2) is 9.58. The van der Waals surface area contributed by atoms with E-state index in [4.69, 9.17) is 10.5 Å². The zero-order chi connectivity index (χ0) is 22.8. The highest BCUT2D eigenvalue weighted by Gasteiger charge is 2.38. The Morgan fingerprint density at radius 2 is 2.06 bits per heavy atom. The minimum absolute atomic E-state index is 0.00845. The maximum atomic E-state index is 13.8. The molecule has 1 aromatic carbocycles. The van der Waals surface area contributed by atoms with E-state index in [-0.39, 0.29) is 60.5 Å². The number of morpholine rings is 1. The van der Waals surface area contributed by atoms with E-state index in [0.29, 0.717) is 12.6 Å². The molecular weight excluding hydrogens is 406 g/mol. The molecule has 1 atom stereocenters. The normalized spacial score (nSPS) is 18.6. The molecule has 31 heavy (non-hydrogen) atoms. The Morgan fingerprint density at radius 1 is 1.35 bits per heavy atom. The fraction of sp³-hybridized carbons (Fsp3) is 0.636. The SMILES string of the molecule is CC(C)(C)CN(C1CC1)[C@@H](CN)C(=O)Nc1ccc(N2CCOCC2=O)c(C(F)F)c1. The minimum Gasteiger partial charge on any atom is -0.370 e. The highest BCUT2D eigenvalue weighted by atomic mass is 19.3. The van der Waals surface area contributed by atoms with Crippen LogP contribution in [0.4, 0.5) is 20.2 Å². The van der Waals surface area contributed by atoms with Crippen molar-refractivity contribution in [2.24, 2.45) is 11.1 Å². The Kier molecular flexibility index (Phi) is 7.28. The summed E-state index contributed by atoms with van der Waals surface area (Å²) in [7, 11) is 0. The molecule has 2 aliphatic rings. The lowest BCUT2D eigenvalue weighted by molar-refractivity contribution is -0.125. The lowest BCUT2D eigenvalue weighted by Crippen LogP contribution is -2.52. The number of halogens is 2. The maximum Gasteiger partial charge on any atom is 0.265 e. The molecule has 0 aromatic heterocycles. The van der Waals surface area contributed by atoms with Gasteiger partial charge in [-0.2, -0.15) is 0 Å². The van der Waals surface area contributed by atoms with Gasteiger partial charge in [0.25, 0.3) is 12.3 Å². The highest BCUT2D eigenvalue weighted by Crippen LogP contribution is 2.34. The highest BCUT2D eigenvalue weighted by molar-refractivity contribution is 5.98. The van der Waals surface area contributed by atoms with Crippen molar-refractivity contribution in [1.82, 2.24) is 4.90 Å². The Morgan fingerprint density at radius 3 is 2.61 bits per heavy atom. The quantitative estimate of drug-likeness (QED) is 0.652. The van der Waals surface area contributed by atoms with Crippen LogP contribution in [0.2, 0.25) is 0 Å². The third-order valence-electron chi connectivity index (χ3n) is 5.41. The van der Waals surface area contributed by atoms with Gasteiger partial charge in [0.05, 0.1) is 12.3 Å². The second-order valence-corrected chi connectivity index (χ2v) is 9.38.